The summed E-state index contributed by atoms with van der Waals surface area (Å²) < 4.78 is 18.2. The van der Waals surface area contributed by atoms with Crippen molar-refractivity contribution in [3.05, 3.63) is 131 Å². The first-order chi connectivity index (χ1) is 20.7. The molecule has 0 fully saturated rings. The molecule has 0 saturated carbocycles. The summed E-state index contributed by atoms with van der Waals surface area (Å²) in [4.78, 5) is 51.8. The number of amides is 3. The number of hydrogen-bond acceptors (Lipinski definition) is 6. The predicted octanol–water partition coefficient (Wildman–Crippen LogP) is 6.14. The molecule has 4 aromatic carbocycles. The lowest BCUT2D eigenvalue weighted by Gasteiger charge is -2.15. The Kier molecular flexibility index (Phi) is 10.4. The molecule has 218 valence electrons. The van der Waals surface area contributed by atoms with Crippen molar-refractivity contribution in [1.29, 1.82) is 0 Å². The van der Waals surface area contributed by atoms with Gasteiger partial charge in [0.15, 0.2) is 0 Å². The zero-order chi connectivity index (χ0) is 30.8. The molecule has 4 rings (SSSR count). The number of carbonyl (C=O) groups excluding carboxylic acids is 4. The van der Waals surface area contributed by atoms with Gasteiger partial charge in [0, 0.05) is 16.1 Å². The van der Waals surface area contributed by atoms with Crippen molar-refractivity contribution in [3.8, 4) is 0 Å². The molecule has 0 aliphatic heterocycles. The summed E-state index contributed by atoms with van der Waals surface area (Å²) >= 11 is 1.25. The van der Waals surface area contributed by atoms with Crippen molar-refractivity contribution in [2.24, 2.45) is 0 Å². The third kappa shape index (κ3) is 8.64. The Morgan fingerprint density at radius 1 is 0.837 bits per heavy atom. The van der Waals surface area contributed by atoms with Crippen LogP contribution in [0.25, 0.3) is 6.08 Å². The van der Waals surface area contributed by atoms with Gasteiger partial charge in [0.05, 0.1) is 23.6 Å². The minimum Gasteiger partial charge on any atom is -0.465 e. The molecule has 0 spiro atoms. The fourth-order valence-electron chi connectivity index (χ4n) is 3.89. The van der Waals surface area contributed by atoms with Gasteiger partial charge in [-0.25, -0.2) is 9.18 Å². The topological polar surface area (TPSA) is 114 Å². The van der Waals surface area contributed by atoms with Gasteiger partial charge in [-0.3, -0.25) is 14.4 Å². The molecule has 10 heteroatoms. The van der Waals surface area contributed by atoms with Crippen LogP contribution in [0.1, 0.15) is 33.2 Å². The number of rotatable bonds is 10. The van der Waals surface area contributed by atoms with Gasteiger partial charge >= 0.3 is 5.97 Å². The Bertz CT molecular complexity index is 1660. The normalized spacial score (nSPS) is 11.7. The van der Waals surface area contributed by atoms with Crippen LogP contribution in [0, 0.1) is 5.82 Å². The molecule has 0 radical (unpaired) electrons. The van der Waals surface area contributed by atoms with Gasteiger partial charge in [-0.1, -0.05) is 48.5 Å². The summed E-state index contributed by atoms with van der Waals surface area (Å²) in [6.07, 6.45) is 1.45. The van der Waals surface area contributed by atoms with Crippen LogP contribution < -0.4 is 16.0 Å². The van der Waals surface area contributed by atoms with Crippen molar-refractivity contribution < 1.29 is 28.3 Å². The third-order valence-electron chi connectivity index (χ3n) is 6.07. The zero-order valence-corrected chi connectivity index (χ0v) is 24.1. The number of para-hydroxylation sites is 1. The van der Waals surface area contributed by atoms with Crippen LogP contribution in [0.3, 0.4) is 0 Å². The molecule has 0 bridgehead atoms. The van der Waals surface area contributed by atoms with Gasteiger partial charge in [0.25, 0.3) is 11.8 Å². The first kappa shape index (κ1) is 30.7. The fraction of sp³-hybridized carbons (Fsp3) is 0.0909. The van der Waals surface area contributed by atoms with Crippen LogP contribution in [0.2, 0.25) is 0 Å². The molecule has 0 aliphatic carbocycles. The minimum absolute atomic E-state index is 0.0458. The molecule has 43 heavy (non-hydrogen) atoms. The van der Waals surface area contributed by atoms with E-state index in [-0.39, 0.29) is 17.2 Å². The predicted molar refractivity (Wildman–Crippen MR) is 165 cm³/mol. The van der Waals surface area contributed by atoms with Crippen molar-refractivity contribution in [2.75, 3.05) is 17.7 Å². The van der Waals surface area contributed by atoms with Crippen molar-refractivity contribution >= 4 is 52.9 Å². The van der Waals surface area contributed by atoms with E-state index in [4.69, 9.17) is 4.74 Å². The second kappa shape index (κ2) is 14.6. The highest BCUT2D eigenvalue weighted by molar-refractivity contribution is 8.00. The highest BCUT2D eigenvalue weighted by Gasteiger charge is 2.19. The average molecular weight is 598 g/mol. The summed E-state index contributed by atoms with van der Waals surface area (Å²) in [6, 6.07) is 27.4. The fourth-order valence-corrected chi connectivity index (χ4v) is 4.81. The largest absolute Gasteiger partial charge is 0.465 e. The van der Waals surface area contributed by atoms with Crippen LogP contribution >= 0.6 is 11.8 Å². The molecule has 1 unspecified atom stereocenters. The molecule has 0 heterocycles. The second-order valence-electron chi connectivity index (χ2n) is 9.20. The van der Waals surface area contributed by atoms with Gasteiger partial charge < -0.3 is 20.7 Å². The third-order valence-corrected chi connectivity index (χ3v) is 7.17. The maximum Gasteiger partial charge on any atom is 0.339 e. The van der Waals surface area contributed by atoms with Crippen LogP contribution in [0.4, 0.5) is 15.8 Å². The van der Waals surface area contributed by atoms with E-state index in [0.717, 1.165) is 0 Å². The van der Waals surface area contributed by atoms with Crippen LogP contribution in [-0.2, 0) is 14.3 Å². The van der Waals surface area contributed by atoms with E-state index in [2.05, 4.69) is 16.0 Å². The SMILES string of the molecule is COC(=O)c1ccccc1NC(=O)C(C)Sc1cccc(NC(=O)/C(=C\c2ccc(F)cc2)NC(=O)c2ccccc2)c1. The first-order valence-corrected chi connectivity index (χ1v) is 14.0. The number of methoxy groups -OCH3 is 1. The first-order valence-electron chi connectivity index (χ1n) is 13.1. The highest BCUT2D eigenvalue weighted by atomic mass is 32.2. The number of thioether (sulfide) groups is 1. The molecule has 0 aliphatic rings. The number of hydrogen-bond donors (Lipinski definition) is 3. The minimum atomic E-state index is -0.596. The lowest BCUT2D eigenvalue weighted by molar-refractivity contribution is -0.115. The Labute approximate surface area is 252 Å². The molecule has 8 nitrogen and oxygen atoms in total. The lowest BCUT2D eigenvalue weighted by Crippen LogP contribution is -2.30. The number of ether oxygens (including phenoxy) is 1. The number of esters is 1. The number of carbonyl (C=O) groups is 4. The molecular weight excluding hydrogens is 569 g/mol. The van der Waals surface area contributed by atoms with Crippen LogP contribution in [0.15, 0.2) is 114 Å². The Hall–Kier alpha value is -5.22. The smallest absolute Gasteiger partial charge is 0.339 e. The van der Waals surface area contributed by atoms with Gasteiger partial charge in [-0.05, 0) is 73.2 Å². The standard InChI is InChI=1S/C33H28FN3O5S/c1-21(30(38)36-28-14-7-6-13-27(28)33(41)42-2)43-26-12-8-11-25(20-26)35-32(40)29(19-22-15-17-24(34)18-16-22)37-31(39)23-9-4-3-5-10-23/h3-21H,1-2H3,(H,35,40)(H,36,38)(H,37,39)/b29-19+. The van der Waals surface area contributed by atoms with Gasteiger partial charge in [-0.15, -0.1) is 11.8 Å². The monoisotopic (exact) mass is 597 g/mol. The van der Waals surface area contributed by atoms with E-state index in [9.17, 15) is 23.6 Å². The van der Waals surface area contributed by atoms with Gasteiger partial charge in [0.1, 0.15) is 11.5 Å². The second-order valence-corrected chi connectivity index (χ2v) is 10.6. The Balaban J connectivity index is 1.47. The maximum atomic E-state index is 13.4. The van der Waals surface area contributed by atoms with E-state index in [1.807, 2.05) is 0 Å². The molecule has 0 aromatic heterocycles. The number of anilines is 2. The molecule has 3 N–H and O–H groups in total. The van der Waals surface area contributed by atoms with E-state index in [1.54, 1.807) is 85.8 Å². The van der Waals surface area contributed by atoms with Gasteiger partial charge in [-0.2, -0.15) is 0 Å². The summed E-state index contributed by atoms with van der Waals surface area (Å²) in [5, 5.41) is 7.63. The van der Waals surface area contributed by atoms with E-state index in [0.29, 0.717) is 27.4 Å². The van der Waals surface area contributed by atoms with Crippen molar-refractivity contribution in [2.45, 2.75) is 17.1 Å². The Morgan fingerprint density at radius 3 is 2.26 bits per heavy atom. The van der Waals surface area contributed by atoms with Gasteiger partial charge in [0.2, 0.25) is 5.91 Å². The molecule has 0 saturated heterocycles. The molecule has 4 aromatic rings. The van der Waals surface area contributed by atoms with E-state index in [1.165, 1.54) is 49.2 Å². The quantitative estimate of drug-likeness (QED) is 0.115. The molecule has 1 atom stereocenters. The highest BCUT2D eigenvalue weighted by Crippen LogP contribution is 2.27. The van der Waals surface area contributed by atoms with Crippen LogP contribution in [-0.4, -0.2) is 36.1 Å². The van der Waals surface area contributed by atoms with Crippen molar-refractivity contribution in [1.82, 2.24) is 5.32 Å². The number of nitrogens with one attached hydrogen (secondary N) is 3. The zero-order valence-electron chi connectivity index (χ0n) is 23.3. The number of halogens is 1. The van der Waals surface area contributed by atoms with Crippen LogP contribution in [0.5, 0.6) is 0 Å². The molecular formula is C33H28FN3O5S. The maximum absolute atomic E-state index is 13.4. The summed E-state index contributed by atoms with van der Waals surface area (Å²) in [7, 11) is 1.27. The van der Waals surface area contributed by atoms with E-state index >= 15 is 0 Å². The van der Waals surface area contributed by atoms with E-state index < -0.39 is 28.9 Å². The summed E-state index contributed by atoms with van der Waals surface area (Å²) in [5.41, 5.74) is 1.83. The van der Waals surface area contributed by atoms with Crippen molar-refractivity contribution in [3.63, 3.8) is 0 Å². The average Bonchev–Trinajstić information content (AvgIpc) is 3.02. The lowest BCUT2D eigenvalue weighted by atomic mass is 10.1. The summed E-state index contributed by atoms with van der Waals surface area (Å²) in [6.45, 7) is 1.72. The molecule has 3 amide bonds. The summed E-state index contributed by atoms with van der Waals surface area (Å²) in [5.74, 6) is -2.40. The number of benzene rings is 4. The Morgan fingerprint density at radius 2 is 1.53 bits per heavy atom.